The number of carbonyl (C=O) groups excluding carboxylic acids is 1. The van der Waals surface area contributed by atoms with Crippen molar-refractivity contribution in [2.45, 2.75) is 48.8 Å². The van der Waals surface area contributed by atoms with Gasteiger partial charge in [0.2, 0.25) is 15.9 Å². The third-order valence-corrected chi connectivity index (χ3v) is 8.39. The summed E-state index contributed by atoms with van der Waals surface area (Å²) < 4.78 is 28.9. The van der Waals surface area contributed by atoms with Crippen molar-refractivity contribution < 1.29 is 13.2 Å². The van der Waals surface area contributed by atoms with Gasteiger partial charge in [0, 0.05) is 28.8 Å². The number of benzene rings is 1. The second-order valence-electron chi connectivity index (χ2n) is 8.57. The minimum absolute atomic E-state index is 0.0153. The highest BCUT2D eigenvalue weighted by Gasteiger charge is 2.53. The minimum atomic E-state index is -3.98. The van der Waals surface area contributed by atoms with E-state index in [2.05, 4.69) is 4.98 Å². The lowest BCUT2D eigenvalue weighted by molar-refractivity contribution is -0.150. The quantitative estimate of drug-likeness (QED) is 0.613. The maximum atomic E-state index is 13.8. The summed E-state index contributed by atoms with van der Waals surface area (Å²) >= 11 is 12.2. The topological polar surface area (TPSA) is 73.8 Å². The fourth-order valence-electron chi connectivity index (χ4n) is 4.76. The number of piperidine rings is 1. The Morgan fingerprint density at radius 2 is 1.84 bits per heavy atom. The lowest BCUT2D eigenvalue weighted by Crippen LogP contribution is -2.70. The van der Waals surface area contributed by atoms with Crippen LogP contribution in [0, 0.1) is 0 Å². The largest absolute Gasteiger partial charge is 0.330 e. The first kappa shape index (κ1) is 23.4. The Kier molecular flexibility index (Phi) is 6.79. The summed E-state index contributed by atoms with van der Waals surface area (Å²) in [5.41, 5.74) is 0.778. The maximum absolute atomic E-state index is 13.8. The SMILES string of the molecule is CN(C)C[C@@H]1[C@@H]2CCCC(C(=O)N1Cc1ccccn1)N2S(=O)(=O)c1cc(Cl)cc(Cl)c1. The van der Waals surface area contributed by atoms with Crippen LogP contribution in [0.3, 0.4) is 0 Å². The first-order valence-corrected chi connectivity index (χ1v) is 12.7. The number of likely N-dealkylation sites (N-methyl/N-ethyl adjacent to an activating group) is 1. The van der Waals surface area contributed by atoms with Gasteiger partial charge in [0.1, 0.15) is 6.04 Å². The van der Waals surface area contributed by atoms with Gasteiger partial charge in [-0.2, -0.15) is 4.31 Å². The first-order chi connectivity index (χ1) is 15.2. The maximum Gasteiger partial charge on any atom is 0.244 e. The zero-order valence-electron chi connectivity index (χ0n) is 18.0. The minimum Gasteiger partial charge on any atom is -0.330 e. The van der Waals surface area contributed by atoms with E-state index in [9.17, 15) is 13.2 Å². The number of amides is 1. The molecule has 2 saturated heterocycles. The van der Waals surface area contributed by atoms with Crippen LogP contribution in [-0.2, 0) is 21.4 Å². The van der Waals surface area contributed by atoms with Gasteiger partial charge in [-0.05, 0) is 63.7 Å². The summed E-state index contributed by atoms with van der Waals surface area (Å²) in [6.45, 7) is 0.889. The predicted octanol–water partition coefficient (Wildman–Crippen LogP) is 3.27. The highest BCUT2D eigenvalue weighted by atomic mass is 35.5. The third-order valence-electron chi connectivity index (χ3n) is 6.05. The van der Waals surface area contributed by atoms with Gasteiger partial charge in [-0.15, -0.1) is 0 Å². The number of aromatic nitrogens is 1. The molecule has 2 aliphatic rings. The molecule has 2 aliphatic heterocycles. The molecule has 0 spiro atoms. The van der Waals surface area contributed by atoms with Crippen molar-refractivity contribution in [2.75, 3.05) is 20.6 Å². The average molecular weight is 497 g/mol. The Hall–Kier alpha value is -1.71. The molecule has 1 amide bonds. The summed E-state index contributed by atoms with van der Waals surface area (Å²) in [7, 11) is -0.132. The number of likely N-dealkylation sites (tertiary alicyclic amines) is 1. The molecule has 10 heteroatoms. The van der Waals surface area contributed by atoms with Crippen molar-refractivity contribution >= 4 is 39.1 Å². The molecule has 3 heterocycles. The van der Waals surface area contributed by atoms with Crippen molar-refractivity contribution in [3.8, 4) is 0 Å². The van der Waals surface area contributed by atoms with Crippen LogP contribution in [-0.4, -0.2) is 72.2 Å². The standard InChI is InChI=1S/C22H26Cl2N4O3S/c1-26(2)14-21-19-7-5-8-20(22(29)27(21)13-17-6-3-4-9-25-17)28(19)32(30,31)18-11-15(23)10-16(24)12-18/h3-4,6,9-12,19-21H,5,7-8,13-14H2,1-2H3/t19-,20?,21+/m0/s1. The smallest absolute Gasteiger partial charge is 0.244 e. The van der Waals surface area contributed by atoms with Gasteiger partial charge in [-0.3, -0.25) is 9.78 Å². The van der Waals surface area contributed by atoms with E-state index in [0.717, 1.165) is 12.1 Å². The number of hydrogen-bond acceptors (Lipinski definition) is 5. The number of rotatable bonds is 6. The number of fused-ring (bicyclic) bond motifs is 2. The third kappa shape index (κ3) is 4.52. The molecule has 0 radical (unpaired) electrons. The Balaban J connectivity index is 1.76. The molecule has 4 rings (SSSR count). The van der Waals surface area contributed by atoms with E-state index in [1.165, 1.54) is 22.5 Å². The van der Waals surface area contributed by atoms with Crippen LogP contribution in [0.15, 0.2) is 47.5 Å². The molecule has 0 saturated carbocycles. The van der Waals surface area contributed by atoms with E-state index >= 15 is 0 Å². The van der Waals surface area contributed by atoms with Gasteiger partial charge in [-0.1, -0.05) is 29.3 Å². The number of hydrogen-bond donors (Lipinski definition) is 0. The van der Waals surface area contributed by atoms with Crippen LogP contribution < -0.4 is 0 Å². The Morgan fingerprint density at radius 1 is 1.12 bits per heavy atom. The molecule has 7 nitrogen and oxygen atoms in total. The van der Waals surface area contributed by atoms with Gasteiger partial charge >= 0.3 is 0 Å². The fraction of sp³-hybridized carbons (Fsp3) is 0.455. The van der Waals surface area contributed by atoms with Gasteiger partial charge < -0.3 is 9.80 Å². The normalized spacial score (nSPS) is 24.2. The molecule has 2 fully saturated rings. The van der Waals surface area contributed by atoms with Crippen LogP contribution in [0.5, 0.6) is 0 Å². The van der Waals surface area contributed by atoms with Crippen molar-refractivity contribution in [1.29, 1.82) is 0 Å². The zero-order chi connectivity index (χ0) is 23.0. The molecule has 2 bridgehead atoms. The highest BCUT2D eigenvalue weighted by Crippen LogP contribution is 2.39. The van der Waals surface area contributed by atoms with Crippen LogP contribution >= 0.6 is 23.2 Å². The lowest BCUT2D eigenvalue weighted by atomic mass is 9.87. The van der Waals surface area contributed by atoms with Crippen molar-refractivity contribution in [3.63, 3.8) is 0 Å². The van der Waals surface area contributed by atoms with E-state index in [0.29, 0.717) is 25.9 Å². The van der Waals surface area contributed by atoms with Crippen molar-refractivity contribution in [2.24, 2.45) is 0 Å². The molecule has 2 aromatic rings. The molecule has 0 aliphatic carbocycles. The van der Waals surface area contributed by atoms with E-state index < -0.39 is 16.1 Å². The Bertz CT molecular complexity index is 1080. The van der Waals surface area contributed by atoms with Crippen molar-refractivity contribution in [1.82, 2.24) is 19.1 Å². The van der Waals surface area contributed by atoms with Crippen LogP contribution in [0.2, 0.25) is 10.0 Å². The summed E-state index contributed by atoms with van der Waals surface area (Å²) in [5.74, 6) is -0.185. The van der Waals surface area contributed by atoms with E-state index in [4.69, 9.17) is 23.2 Å². The van der Waals surface area contributed by atoms with Crippen LogP contribution in [0.25, 0.3) is 0 Å². The van der Waals surface area contributed by atoms with Gasteiger partial charge in [0.25, 0.3) is 0 Å². The molecular weight excluding hydrogens is 471 g/mol. The summed E-state index contributed by atoms with van der Waals surface area (Å²) in [6, 6.07) is 8.48. The fourth-order valence-corrected chi connectivity index (χ4v) is 7.35. The lowest BCUT2D eigenvalue weighted by Gasteiger charge is -2.53. The van der Waals surface area contributed by atoms with Gasteiger partial charge in [0.15, 0.2) is 0 Å². The number of halogens is 2. The van der Waals surface area contributed by atoms with Crippen molar-refractivity contribution in [3.05, 3.63) is 58.3 Å². The molecular formula is C22H26Cl2N4O3S. The molecule has 1 aromatic carbocycles. The number of pyridine rings is 1. The number of nitrogens with zero attached hydrogens (tertiary/aromatic N) is 4. The molecule has 172 valence electrons. The van der Waals surface area contributed by atoms with Crippen LogP contribution in [0.4, 0.5) is 0 Å². The summed E-state index contributed by atoms with van der Waals surface area (Å²) in [6.07, 6.45) is 3.65. The van der Waals surface area contributed by atoms with Gasteiger partial charge in [0.05, 0.1) is 23.2 Å². The van der Waals surface area contributed by atoms with Crippen LogP contribution in [0.1, 0.15) is 25.0 Å². The summed E-state index contributed by atoms with van der Waals surface area (Å²) in [5, 5.41) is 0.484. The number of carbonyl (C=O) groups is 1. The summed E-state index contributed by atoms with van der Waals surface area (Å²) in [4.78, 5) is 21.9. The first-order valence-electron chi connectivity index (χ1n) is 10.5. The molecule has 0 N–H and O–H groups in total. The Labute approximate surface area is 199 Å². The van der Waals surface area contributed by atoms with Gasteiger partial charge in [-0.25, -0.2) is 8.42 Å². The number of sulfonamides is 1. The monoisotopic (exact) mass is 496 g/mol. The highest BCUT2D eigenvalue weighted by molar-refractivity contribution is 7.89. The molecule has 1 unspecified atom stereocenters. The molecule has 32 heavy (non-hydrogen) atoms. The second-order valence-corrected chi connectivity index (χ2v) is 11.3. The van der Waals surface area contributed by atoms with E-state index in [1.807, 2.05) is 42.1 Å². The number of piperazine rings is 1. The van der Waals surface area contributed by atoms with E-state index in [1.54, 1.807) is 6.20 Å². The van der Waals surface area contributed by atoms with E-state index in [-0.39, 0.29) is 32.9 Å². The molecule has 3 atom stereocenters. The predicted molar refractivity (Wildman–Crippen MR) is 124 cm³/mol. The zero-order valence-corrected chi connectivity index (χ0v) is 20.3. The second kappa shape index (κ2) is 9.27. The molecule has 1 aromatic heterocycles. The average Bonchev–Trinajstić information content (AvgIpc) is 2.74. The Morgan fingerprint density at radius 3 is 2.47 bits per heavy atom.